The third-order valence-corrected chi connectivity index (χ3v) is 12.8. The Hall–Kier alpha value is -6.42. The smallest absolute Gasteiger partial charge is 0.0791 e. The summed E-state index contributed by atoms with van der Waals surface area (Å²) >= 11 is 1.89. The maximum Gasteiger partial charge on any atom is 0.0791 e. The van der Waals surface area contributed by atoms with Gasteiger partial charge in [0.15, 0.2) is 0 Å². The molecule has 0 unspecified atom stereocenters. The van der Waals surface area contributed by atoms with Gasteiger partial charge >= 0.3 is 0 Å². The summed E-state index contributed by atoms with van der Waals surface area (Å²) < 4.78 is 2.64. The van der Waals surface area contributed by atoms with Crippen LogP contribution in [0.4, 0.5) is 34.1 Å². The average Bonchev–Trinajstić information content (AvgIpc) is 3.72. The van der Waals surface area contributed by atoms with E-state index < -0.39 is 0 Å². The number of fused-ring (bicyclic) bond motifs is 9. The van der Waals surface area contributed by atoms with E-state index in [0.717, 1.165) is 22.7 Å². The number of benzene rings is 8. The fourth-order valence-corrected chi connectivity index (χ4v) is 10.3. The van der Waals surface area contributed by atoms with E-state index in [0.29, 0.717) is 0 Å². The molecule has 1 aromatic heterocycles. The van der Waals surface area contributed by atoms with Gasteiger partial charge in [0.2, 0.25) is 0 Å². The highest BCUT2D eigenvalue weighted by molar-refractivity contribution is 7.26. The Labute approximate surface area is 319 Å². The van der Waals surface area contributed by atoms with Crippen molar-refractivity contribution in [3.8, 4) is 33.4 Å². The Kier molecular flexibility index (Phi) is 6.80. The molecule has 2 heterocycles. The summed E-state index contributed by atoms with van der Waals surface area (Å²) in [7, 11) is 0. The van der Waals surface area contributed by atoms with E-state index in [1.165, 1.54) is 76.1 Å². The molecule has 1 aliphatic carbocycles. The number of anilines is 6. The van der Waals surface area contributed by atoms with E-state index in [1.54, 1.807) is 0 Å². The van der Waals surface area contributed by atoms with Crippen LogP contribution in [0.15, 0.2) is 182 Å². The Morgan fingerprint density at radius 1 is 0.426 bits per heavy atom. The summed E-state index contributed by atoms with van der Waals surface area (Å²) in [5.74, 6) is 0. The van der Waals surface area contributed by atoms with Gasteiger partial charge in [-0.05, 0) is 81.9 Å². The van der Waals surface area contributed by atoms with Crippen LogP contribution in [0.3, 0.4) is 0 Å². The number of rotatable bonds is 4. The van der Waals surface area contributed by atoms with Crippen molar-refractivity contribution in [2.75, 3.05) is 9.80 Å². The van der Waals surface area contributed by atoms with Crippen molar-refractivity contribution < 1.29 is 0 Å². The number of hydrogen-bond donors (Lipinski definition) is 0. The lowest BCUT2D eigenvalue weighted by molar-refractivity contribution is 0.660. The molecule has 1 aliphatic heterocycles. The molecule has 0 atom stereocenters. The van der Waals surface area contributed by atoms with Crippen molar-refractivity contribution in [1.82, 2.24) is 0 Å². The average molecular weight is 709 g/mol. The first-order valence-electron chi connectivity index (χ1n) is 18.7. The molecule has 3 heteroatoms. The Morgan fingerprint density at radius 2 is 1.04 bits per heavy atom. The first kappa shape index (κ1) is 31.1. The van der Waals surface area contributed by atoms with Gasteiger partial charge in [0, 0.05) is 48.1 Å². The second-order valence-corrected chi connectivity index (χ2v) is 16.0. The molecule has 256 valence electrons. The largest absolute Gasteiger partial charge is 0.306 e. The molecule has 8 aromatic carbocycles. The third-order valence-electron chi connectivity index (χ3n) is 11.6. The maximum absolute atomic E-state index is 2.54. The lowest BCUT2D eigenvalue weighted by Gasteiger charge is -2.43. The second-order valence-electron chi connectivity index (χ2n) is 14.9. The third kappa shape index (κ3) is 4.46. The fourth-order valence-electron chi connectivity index (χ4n) is 9.06. The van der Waals surface area contributed by atoms with Crippen LogP contribution >= 0.6 is 11.3 Å². The van der Waals surface area contributed by atoms with Gasteiger partial charge in [-0.3, -0.25) is 0 Å². The van der Waals surface area contributed by atoms with Crippen LogP contribution in [-0.4, -0.2) is 0 Å². The van der Waals surface area contributed by atoms with Gasteiger partial charge in [-0.15, -0.1) is 11.3 Å². The molecule has 0 fully saturated rings. The zero-order chi connectivity index (χ0) is 36.0. The number of thiophene rings is 1. The van der Waals surface area contributed by atoms with Crippen molar-refractivity contribution in [3.63, 3.8) is 0 Å². The molecular weight excluding hydrogens is 673 g/mol. The summed E-state index contributed by atoms with van der Waals surface area (Å²) in [4.78, 5) is 5.08. The van der Waals surface area contributed by atoms with E-state index in [2.05, 4.69) is 206 Å². The quantitative estimate of drug-likeness (QED) is 0.180. The summed E-state index contributed by atoms with van der Waals surface area (Å²) in [5.41, 5.74) is 17.0. The fraction of sp³-hybridized carbons (Fsp3) is 0.0588. The number of nitrogens with zero attached hydrogens (tertiary/aromatic N) is 2. The van der Waals surface area contributed by atoms with Gasteiger partial charge in [0.1, 0.15) is 0 Å². The van der Waals surface area contributed by atoms with Crippen molar-refractivity contribution in [2.24, 2.45) is 0 Å². The lowest BCUT2D eigenvalue weighted by Crippen LogP contribution is -2.26. The summed E-state index contributed by atoms with van der Waals surface area (Å²) in [6, 6.07) is 67.1. The monoisotopic (exact) mass is 708 g/mol. The Bertz CT molecular complexity index is 2910. The van der Waals surface area contributed by atoms with Crippen LogP contribution in [0, 0.1) is 0 Å². The first-order valence-corrected chi connectivity index (χ1v) is 19.5. The van der Waals surface area contributed by atoms with E-state index in [-0.39, 0.29) is 5.41 Å². The van der Waals surface area contributed by atoms with Gasteiger partial charge in [-0.1, -0.05) is 147 Å². The highest BCUT2D eigenvalue weighted by atomic mass is 32.1. The molecule has 11 rings (SSSR count). The van der Waals surface area contributed by atoms with E-state index in [9.17, 15) is 0 Å². The zero-order valence-electron chi connectivity index (χ0n) is 30.1. The Balaban J connectivity index is 1.28. The molecule has 0 spiro atoms. The van der Waals surface area contributed by atoms with Crippen LogP contribution in [0.1, 0.15) is 25.0 Å². The van der Waals surface area contributed by atoms with Crippen molar-refractivity contribution in [2.45, 2.75) is 19.3 Å². The van der Waals surface area contributed by atoms with Crippen LogP contribution in [-0.2, 0) is 5.41 Å². The SMILES string of the molecule is CC1(C)c2ccccc2-c2c1cc(-c1ccccc1)c1c2N(c2ccccc2)c2ccc(-c3cccc4c3sc3ccccc34)cc2N1c1ccccc1. The molecule has 54 heavy (non-hydrogen) atoms. The molecule has 2 aliphatic rings. The Morgan fingerprint density at radius 3 is 1.80 bits per heavy atom. The van der Waals surface area contributed by atoms with Crippen LogP contribution in [0.5, 0.6) is 0 Å². The van der Waals surface area contributed by atoms with Gasteiger partial charge < -0.3 is 9.80 Å². The maximum atomic E-state index is 2.54. The predicted molar refractivity (Wildman–Crippen MR) is 231 cm³/mol. The summed E-state index contributed by atoms with van der Waals surface area (Å²) in [6.45, 7) is 4.77. The first-order chi connectivity index (χ1) is 26.6. The summed E-state index contributed by atoms with van der Waals surface area (Å²) in [6.07, 6.45) is 0. The predicted octanol–water partition coefficient (Wildman–Crippen LogP) is 14.9. The molecule has 0 bridgehead atoms. The highest BCUT2D eigenvalue weighted by Crippen LogP contribution is 2.65. The number of para-hydroxylation sites is 2. The standard InChI is InChI=1S/C51H36N2S/c1-51(2)42-27-14-12-24-40(42)47-43(51)32-41(33-17-6-3-7-18-33)48-49(47)52(35-19-8-4-9-20-35)44-30-29-34(31-45(44)53(48)36-21-10-5-11-22-36)37-25-16-26-39-38-23-13-15-28-46(38)54-50(37)39/h3-32H,1-2H3. The lowest BCUT2D eigenvalue weighted by atomic mass is 9.80. The summed E-state index contributed by atoms with van der Waals surface area (Å²) in [5, 5.41) is 2.63. The van der Waals surface area contributed by atoms with Crippen molar-refractivity contribution in [1.29, 1.82) is 0 Å². The molecular formula is C51H36N2S. The molecule has 9 aromatic rings. The molecule has 0 N–H and O–H groups in total. The number of hydrogen-bond acceptors (Lipinski definition) is 3. The van der Waals surface area contributed by atoms with Gasteiger partial charge in [0.05, 0.1) is 22.7 Å². The molecule has 0 radical (unpaired) electrons. The van der Waals surface area contributed by atoms with E-state index >= 15 is 0 Å². The van der Waals surface area contributed by atoms with Crippen molar-refractivity contribution in [3.05, 3.63) is 193 Å². The van der Waals surface area contributed by atoms with Gasteiger partial charge in [0.25, 0.3) is 0 Å². The van der Waals surface area contributed by atoms with Crippen LogP contribution in [0.2, 0.25) is 0 Å². The molecule has 0 saturated heterocycles. The van der Waals surface area contributed by atoms with E-state index in [4.69, 9.17) is 0 Å². The second kappa shape index (κ2) is 11.8. The molecule has 0 amide bonds. The van der Waals surface area contributed by atoms with Crippen LogP contribution in [0.25, 0.3) is 53.6 Å². The highest BCUT2D eigenvalue weighted by Gasteiger charge is 2.43. The minimum absolute atomic E-state index is 0.183. The van der Waals surface area contributed by atoms with Crippen LogP contribution < -0.4 is 9.80 Å². The molecule has 0 saturated carbocycles. The minimum atomic E-state index is -0.183. The molecule has 2 nitrogen and oxygen atoms in total. The van der Waals surface area contributed by atoms with E-state index in [1.807, 2.05) is 11.3 Å². The topological polar surface area (TPSA) is 6.48 Å². The minimum Gasteiger partial charge on any atom is -0.306 e. The van der Waals surface area contributed by atoms with Gasteiger partial charge in [-0.2, -0.15) is 0 Å². The van der Waals surface area contributed by atoms with Gasteiger partial charge in [-0.25, -0.2) is 0 Å². The van der Waals surface area contributed by atoms with Crippen molar-refractivity contribution >= 4 is 65.6 Å². The normalized spacial score (nSPS) is 13.8. The zero-order valence-corrected chi connectivity index (χ0v) is 30.9.